The predicted octanol–water partition coefficient (Wildman–Crippen LogP) is 1.07. The molecule has 12 heteroatoms. The average molecular weight is 441 g/mol. The zero-order valence-corrected chi connectivity index (χ0v) is 16.7. The number of nitrogens with two attached hydrogens (primary N) is 2. The van der Waals surface area contributed by atoms with Gasteiger partial charge in [-0.3, -0.25) is 0 Å². The van der Waals surface area contributed by atoms with Crippen molar-refractivity contribution in [1.29, 1.82) is 0 Å². The number of carboxylic acids is 1. The number of hydrogen-bond donors (Lipinski definition) is 3. The number of nitrogens with zero attached hydrogens (tertiary/aromatic N) is 1. The fourth-order valence-corrected chi connectivity index (χ4v) is 4.24. The third kappa shape index (κ3) is 4.67. The van der Waals surface area contributed by atoms with Gasteiger partial charge in [0.15, 0.2) is 5.75 Å². The lowest BCUT2D eigenvalue weighted by atomic mass is 10.1. The number of ether oxygens (including phenoxy) is 1. The Morgan fingerprint density at radius 1 is 0.966 bits per heavy atom. The van der Waals surface area contributed by atoms with Gasteiger partial charge in [0.2, 0.25) is 20.0 Å². The Bertz CT molecular complexity index is 1150. The summed E-state index contributed by atoms with van der Waals surface area (Å²) in [6, 6.07) is 7.31. The minimum atomic E-state index is -4.32. The maximum Gasteiger partial charge on any atom is 0.335 e. The van der Waals surface area contributed by atoms with Gasteiger partial charge in [-0.1, -0.05) is 0 Å². The highest BCUT2D eigenvalue weighted by molar-refractivity contribution is 7.89. The van der Waals surface area contributed by atoms with E-state index in [0.717, 1.165) is 18.9 Å². The van der Waals surface area contributed by atoms with E-state index in [9.17, 15) is 26.7 Å². The predicted molar refractivity (Wildman–Crippen MR) is 104 cm³/mol. The minimum absolute atomic E-state index is 0.122. The van der Waals surface area contributed by atoms with Gasteiger partial charge in [0.05, 0.1) is 16.1 Å². The summed E-state index contributed by atoms with van der Waals surface area (Å²) in [5, 5.41) is 19.7. The smallest absolute Gasteiger partial charge is 0.335 e. The lowest BCUT2D eigenvalue weighted by Crippen LogP contribution is -2.22. The van der Waals surface area contributed by atoms with E-state index in [1.165, 1.54) is 30.3 Å². The number of hydrogen-bond acceptors (Lipinski definition) is 7. The van der Waals surface area contributed by atoms with Gasteiger partial charge in [-0.2, -0.15) is 0 Å². The van der Waals surface area contributed by atoms with Crippen LogP contribution in [0.15, 0.2) is 46.2 Å². The van der Waals surface area contributed by atoms with Crippen LogP contribution in [-0.4, -0.2) is 41.0 Å². The number of carboxylic acid groups (broad SMARTS) is 1. The Morgan fingerprint density at radius 2 is 1.55 bits per heavy atom. The molecule has 1 saturated heterocycles. The van der Waals surface area contributed by atoms with E-state index in [4.69, 9.17) is 15.0 Å². The fraction of sp³-hybridized carbons (Fsp3) is 0.235. The van der Waals surface area contributed by atoms with Crippen molar-refractivity contribution in [3.63, 3.8) is 0 Å². The van der Waals surface area contributed by atoms with Gasteiger partial charge in [-0.05, 0) is 49.2 Å². The highest BCUT2D eigenvalue weighted by atomic mass is 32.2. The van der Waals surface area contributed by atoms with Crippen LogP contribution in [0.1, 0.15) is 23.2 Å². The molecule has 5 N–H and O–H groups in total. The maximum atomic E-state index is 12.2. The van der Waals surface area contributed by atoms with Crippen molar-refractivity contribution in [3.8, 4) is 11.5 Å². The first-order valence-electron chi connectivity index (χ1n) is 8.46. The average Bonchev–Trinajstić information content (AvgIpc) is 3.14. The second-order valence-electron chi connectivity index (χ2n) is 6.49. The molecule has 3 rings (SSSR count). The Morgan fingerprint density at radius 3 is 2.03 bits per heavy atom. The molecule has 0 unspecified atom stereocenters. The van der Waals surface area contributed by atoms with Crippen molar-refractivity contribution in [2.75, 3.05) is 18.0 Å². The Hall–Kier alpha value is -2.67. The molecular weight excluding hydrogens is 422 g/mol. The Labute approximate surface area is 167 Å². The van der Waals surface area contributed by atoms with E-state index in [1.807, 2.05) is 4.90 Å². The number of benzene rings is 2. The normalized spacial score (nSPS) is 14.8. The zero-order chi connectivity index (χ0) is 21.4. The summed E-state index contributed by atoms with van der Waals surface area (Å²) in [6.07, 6.45) is 1.70. The molecule has 0 aromatic heterocycles. The number of aromatic carboxylic acids is 1. The Kier molecular flexibility index (Phi) is 5.54. The second-order valence-corrected chi connectivity index (χ2v) is 9.58. The molecule has 1 aliphatic heterocycles. The molecule has 0 amide bonds. The van der Waals surface area contributed by atoms with E-state index in [2.05, 4.69) is 0 Å². The third-order valence-electron chi connectivity index (χ3n) is 4.41. The largest absolute Gasteiger partial charge is 0.478 e. The van der Waals surface area contributed by atoms with Crippen LogP contribution in [0.4, 0.5) is 5.69 Å². The summed E-state index contributed by atoms with van der Waals surface area (Å²) >= 11 is 0. The SMILES string of the molecule is NS(=O)(=O)c1ccc(Oc2c(N3CCCC3)cc(C(=O)O)cc2S(N)(=O)=O)cc1. The minimum Gasteiger partial charge on any atom is -0.478 e. The van der Waals surface area contributed by atoms with E-state index in [0.29, 0.717) is 13.1 Å². The van der Waals surface area contributed by atoms with Gasteiger partial charge in [0.1, 0.15) is 10.6 Å². The number of carbonyl (C=O) groups is 1. The van der Waals surface area contributed by atoms with E-state index >= 15 is 0 Å². The molecule has 1 fully saturated rings. The van der Waals surface area contributed by atoms with Crippen molar-refractivity contribution in [2.45, 2.75) is 22.6 Å². The van der Waals surface area contributed by atoms with Gasteiger partial charge in [-0.15, -0.1) is 0 Å². The van der Waals surface area contributed by atoms with E-state index in [-0.39, 0.29) is 27.6 Å². The van der Waals surface area contributed by atoms with Crippen molar-refractivity contribution >= 4 is 31.7 Å². The van der Waals surface area contributed by atoms with Crippen LogP contribution in [0.2, 0.25) is 0 Å². The van der Waals surface area contributed by atoms with E-state index < -0.39 is 30.9 Å². The number of anilines is 1. The molecule has 0 atom stereocenters. The fourth-order valence-electron chi connectivity index (χ4n) is 3.03. The summed E-state index contributed by atoms with van der Waals surface area (Å²) in [7, 11) is -8.23. The summed E-state index contributed by atoms with van der Waals surface area (Å²) in [5.74, 6) is -1.30. The molecule has 156 valence electrons. The van der Waals surface area contributed by atoms with Crippen molar-refractivity contribution < 1.29 is 31.5 Å². The zero-order valence-electron chi connectivity index (χ0n) is 15.1. The van der Waals surface area contributed by atoms with Gasteiger partial charge < -0.3 is 14.7 Å². The quantitative estimate of drug-likeness (QED) is 0.597. The van der Waals surface area contributed by atoms with Crippen molar-refractivity contribution in [1.82, 2.24) is 0 Å². The summed E-state index contributed by atoms with van der Waals surface area (Å²) in [5.41, 5.74) is 0.0368. The van der Waals surface area contributed by atoms with Crippen LogP contribution in [0, 0.1) is 0 Å². The first-order chi connectivity index (χ1) is 13.5. The Balaban J connectivity index is 2.16. The summed E-state index contributed by atoms with van der Waals surface area (Å²) in [6.45, 7) is 1.18. The van der Waals surface area contributed by atoms with Crippen molar-refractivity contribution in [3.05, 3.63) is 42.0 Å². The molecule has 2 aromatic rings. The first kappa shape index (κ1) is 21.0. The topological polar surface area (TPSA) is 170 Å². The number of sulfonamides is 2. The van der Waals surface area contributed by atoms with Crippen molar-refractivity contribution in [2.24, 2.45) is 10.3 Å². The first-order valence-corrected chi connectivity index (χ1v) is 11.6. The molecule has 0 radical (unpaired) electrons. The van der Waals surface area contributed by atoms with Gasteiger partial charge in [0.25, 0.3) is 0 Å². The van der Waals surface area contributed by atoms with Crippen LogP contribution in [0.25, 0.3) is 0 Å². The van der Waals surface area contributed by atoms with Crippen LogP contribution >= 0.6 is 0 Å². The molecule has 0 bridgehead atoms. The van der Waals surface area contributed by atoms with Gasteiger partial charge in [0, 0.05) is 13.1 Å². The molecule has 0 aliphatic carbocycles. The summed E-state index contributed by atoms with van der Waals surface area (Å²) in [4.78, 5) is 12.7. The number of rotatable bonds is 6. The molecule has 1 aliphatic rings. The van der Waals surface area contributed by atoms with E-state index in [1.54, 1.807) is 0 Å². The molecule has 2 aromatic carbocycles. The second kappa shape index (κ2) is 7.63. The maximum absolute atomic E-state index is 12.2. The monoisotopic (exact) mass is 441 g/mol. The molecular formula is C17H19N3O7S2. The highest BCUT2D eigenvalue weighted by Crippen LogP contribution is 2.40. The van der Waals surface area contributed by atoms with Crippen LogP contribution in [0.3, 0.4) is 0 Å². The highest BCUT2D eigenvalue weighted by Gasteiger charge is 2.27. The standard InChI is InChI=1S/C17H19N3O7S2/c18-28(23,24)13-5-3-12(4-6-13)27-16-14(20-7-1-2-8-20)9-11(17(21)22)10-15(16)29(19,25)26/h3-6,9-10H,1-2,7-8H2,(H,21,22)(H2,18,23,24)(H2,19,25,26). The molecule has 0 spiro atoms. The molecule has 0 saturated carbocycles. The molecule has 10 nitrogen and oxygen atoms in total. The third-order valence-corrected chi connectivity index (χ3v) is 6.25. The lowest BCUT2D eigenvalue weighted by Gasteiger charge is -2.23. The lowest BCUT2D eigenvalue weighted by molar-refractivity contribution is 0.0696. The van der Waals surface area contributed by atoms with Crippen LogP contribution in [0.5, 0.6) is 11.5 Å². The van der Waals surface area contributed by atoms with Crippen LogP contribution in [-0.2, 0) is 20.0 Å². The summed E-state index contributed by atoms with van der Waals surface area (Å²) < 4.78 is 52.9. The van der Waals surface area contributed by atoms with Crippen LogP contribution < -0.4 is 19.9 Å². The number of primary sulfonamides is 2. The van der Waals surface area contributed by atoms with Gasteiger partial charge >= 0.3 is 5.97 Å². The molecule has 29 heavy (non-hydrogen) atoms. The van der Waals surface area contributed by atoms with Gasteiger partial charge in [-0.25, -0.2) is 31.9 Å². The molecule has 1 heterocycles.